The molecule has 0 bridgehead atoms. The first-order chi connectivity index (χ1) is 7.65. The van der Waals surface area contributed by atoms with Crippen LogP contribution in [0.1, 0.15) is 33.6 Å². The summed E-state index contributed by atoms with van der Waals surface area (Å²) in [5, 5.41) is 11.4. The Morgan fingerprint density at radius 3 is 2.24 bits per heavy atom. The number of carboxylic acid groups (broad SMARTS) is 1. The molecule has 1 atom stereocenters. The predicted octanol–water partition coefficient (Wildman–Crippen LogP) is 0.944. The van der Waals surface area contributed by atoms with Crippen LogP contribution in [0.5, 0.6) is 0 Å². The second-order valence-corrected chi connectivity index (χ2v) is 5.39. The molecule has 5 nitrogen and oxygen atoms in total. The van der Waals surface area contributed by atoms with Gasteiger partial charge in [0.05, 0.1) is 0 Å². The van der Waals surface area contributed by atoms with E-state index in [0.29, 0.717) is 6.54 Å². The maximum absolute atomic E-state index is 11.6. The van der Waals surface area contributed by atoms with E-state index in [4.69, 9.17) is 5.11 Å². The molecule has 0 aromatic heterocycles. The van der Waals surface area contributed by atoms with Gasteiger partial charge in [0.25, 0.3) is 0 Å². The Hall–Kier alpha value is -1.10. The fourth-order valence-electron chi connectivity index (χ4n) is 1.23. The second-order valence-electron chi connectivity index (χ2n) is 5.39. The van der Waals surface area contributed by atoms with Crippen molar-refractivity contribution in [3.05, 3.63) is 0 Å². The average molecular weight is 244 g/mol. The number of hydrogen-bond acceptors (Lipinski definition) is 3. The Morgan fingerprint density at radius 2 is 1.82 bits per heavy atom. The number of carboxylic acids is 1. The van der Waals surface area contributed by atoms with Crippen molar-refractivity contribution < 1.29 is 14.7 Å². The van der Waals surface area contributed by atoms with E-state index in [-0.39, 0.29) is 30.2 Å². The van der Waals surface area contributed by atoms with E-state index in [0.717, 1.165) is 0 Å². The fourth-order valence-corrected chi connectivity index (χ4v) is 1.23. The van der Waals surface area contributed by atoms with Crippen molar-refractivity contribution in [2.24, 2.45) is 5.92 Å². The first-order valence-corrected chi connectivity index (χ1v) is 5.81. The lowest BCUT2D eigenvalue weighted by Gasteiger charge is -2.32. The van der Waals surface area contributed by atoms with Crippen molar-refractivity contribution in [1.82, 2.24) is 10.2 Å². The Morgan fingerprint density at radius 1 is 1.29 bits per heavy atom. The SMILES string of the molecule is CC(CC(=O)O)CC(=O)NCC(C)(C)N(C)C. The van der Waals surface area contributed by atoms with Gasteiger partial charge < -0.3 is 15.3 Å². The van der Waals surface area contributed by atoms with Crippen LogP contribution in [0, 0.1) is 5.92 Å². The van der Waals surface area contributed by atoms with Crippen LogP contribution in [0.25, 0.3) is 0 Å². The summed E-state index contributed by atoms with van der Waals surface area (Å²) < 4.78 is 0. The smallest absolute Gasteiger partial charge is 0.303 e. The van der Waals surface area contributed by atoms with Gasteiger partial charge in [-0.05, 0) is 33.9 Å². The number of nitrogens with one attached hydrogen (secondary N) is 1. The Balaban J connectivity index is 3.99. The number of carbonyl (C=O) groups is 2. The minimum absolute atomic E-state index is 0.0322. The summed E-state index contributed by atoms with van der Waals surface area (Å²) in [5.41, 5.74) is -0.105. The molecule has 0 radical (unpaired) electrons. The van der Waals surface area contributed by atoms with E-state index in [9.17, 15) is 9.59 Å². The van der Waals surface area contributed by atoms with Crippen molar-refractivity contribution in [2.75, 3.05) is 20.6 Å². The van der Waals surface area contributed by atoms with E-state index in [1.165, 1.54) is 0 Å². The van der Waals surface area contributed by atoms with Gasteiger partial charge in [0.15, 0.2) is 0 Å². The van der Waals surface area contributed by atoms with Crippen LogP contribution < -0.4 is 5.32 Å². The van der Waals surface area contributed by atoms with Crippen LogP contribution in [0.4, 0.5) is 0 Å². The van der Waals surface area contributed by atoms with Crippen LogP contribution in [0.15, 0.2) is 0 Å². The Labute approximate surface area is 103 Å². The van der Waals surface area contributed by atoms with E-state index < -0.39 is 5.97 Å². The quantitative estimate of drug-likeness (QED) is 0.699. The highest BCUT2D eigenvalue weighted by molar-refractivity contribution is 5.77. The summed E-state index contributed by atoms with van der Waals surface area (Å²) in [6.07, 6.45) is 0.292. The highest BCUT2D eigenvalue weighted by Crippen LogP contribution is 2.10. The van der Waals surface area contributed by atoms with Crippen LogP contribution in [-0.2, 0) is 9.59 Å². The van der Waals surface area contributed by atoms with Gasteiger partial charge in [0.2, 0.25) is 5.91 Å². The molecular formula is C12H24N2O3. The average Bonchev–Trinajstić information content (AvgIpc) is 2.13. The molecule has 2 N–H and O–H groups in total. The minimum atomic E-state index is -0.862. The zero-order valence-electron chi connectivity index (χ0n) is 11.4. The summed E-state index contributed by atoms with van der Waals surface area (Å²) in [6, 6.07) is 0. The first-order valence-electron chi connectivity index (χ1n) is 5.81. The molecule has 0 aromatic carbocycles. The predicted molar refractivity (Wildman–Crippen MR) is 66.8 cm³/mol. The molecule has 1 amide bonds. The molecule has 1 unspecified atom stereocenters. The molecule has 17 heavy (non-hydrogen) atoms. The van der Waals surface area contributed by atoms with Gasteiger partial charge in [0.1, 0.15) is 0 Å². The van der Waals surface area contributed by atoms with E-state index in [1.807, 2.05) is 32.8 Å². The molecule has 0 saturated heterocycles. The van der Waals surface area contributed by atoms with Crippen LogP contribution in [-0.4, -0.2) is 48.1 Å². The maximum atomic E-state index is 11.6. The van der Waals surface area contributed by atoms with Gasteiger partial charge >= 0.3 is 5.97 Å². The summed E-state index contributed by atoms with van der Waals surface area (Å²) in [5.74, 6) is -1.08. The summed E-state index contributed by atoms with van der Waals surface area (Å²) >= 11 is 0. The number of nitrogens with zero attached hydrogens (tertiary/aromatic N) is 1. The molecule has 0 aliphatic rings. The van der Waals surface area contributed by atoms with Crippen molar-refractivity contribution in [2.45, 2.75) is 39.2 Å². The van der Waals surface area contributed by atoms with Crippen LogP contribution in [0.2, 0.25) is 0 Å². The zero-order chi connectivity index (χ0) is 13.6. The van der Waals surface area contributed by atoms with Gasteiger partial charge in [-0.1, -0.05) is 6.92 Å². The normalized spacial score (nSPS) is 13.5. The fraction of sp³-hybridized carbons (Fsp3) is 0.833. The molecule has 0 heterocycles. The van der Waals surface area contributed by atoms with Gasteiger partial charge in [0, 0.05) is 24.9 Å². The van der Waals surface area contributed by atoms with Gasteiger partial charge in [-0.15, -0.1) is 0 Å². The first kappa shape index (κ1) is 15.9. The third-order valence-electron chi connectivity index (χ3n) is 2.99. The van der Waals surface area contributed by atoms with Crippen LogP contribution >= 0.6 is 0 Å². The standard InChI is InChI=1S/C12H24N2O3/c1-9(7-11(16)17)6-10(15)13-8-12(2,3)14(4)5/h9H,6-8H2,1-5H3,(H,13,15)(H,16,17). The largest absolute Gasteiger partial charge is 0.481 e. The molecule has 0 aliphatic heterocycles. The van der Waals surface area contributed by atoms with Gasteiger partial charge in [-0.25, -0.2) is 0 Å². The van der Waals surface area contributed by atoms with Gasteiger partial charge in [-0.3, -0.25) is 9.59 Å². The van der Waals surface area contributed by atoms with Crippen molar-refractivity contribution in [3.63, 3.8) is 0 Å². The highest BCUT2D eigenvalue weighted by Gasteiger charge is 2.21. The van der Waals surface area contributed by atoms with Crippen molar-refractivity contribution >= 4 is 11.9 Å². The van der Waals surface area contributed by atoms with E-state index >= 15 is 0 Å². The van der Waals surface area contributed by atoms with Crippen molar-refractivity contribution in [1.29, 1.82) is 0 Å². The van der Waals surface area contributed by atoms with E-state index in [1.54, 1.807) is 6.92 Å². The third-order valence-corrected chi connectivity index (χ3v) is 2.99. The molecule has 0 aliphatic carbocycles. The number of likely N-dealkylation sites (N-methyl/N-ethyl adjacent to an activating group) is 1. The number of rotatable bonds is 7. The monoisotopic (exact) mass is 244 g/mol. The lowest BCUT2D eigenvalue weighted by atomic mass is 10.0. The second kappa shape index (κ2) is 6.59. The van der Waals surface area contributed by atoms with Crippen LogP contribution in [0.3, 0.4) is 0 Å². The number of aliphatic carboxylic acids is 1. The minimum Gasteiger partial charge on any atom is -0.481 e. The van der Waals surface area contributed by atoms with E-state index in [2.05, 4.69) is 5.32 Å². The topological polar surface area (TPSA) is 69.6 Å². The molecule has 5 heteroatoms. The lowest BCUT2D eigenvalue weighted by molar-refractivity contribution is -0.138. The molecule has 0 saturated carbocycles. The molecule has 0 spiro atoms. The molecule has 100 valence electrons. The molecule has 0 rings (SSSR count). The Bertz CT molecular complexity index is 275. The van der Waals surface area contributed by atoms with Crippen molar-refractivity contribution in [3.8, 4) is 0 Å². The molecule has 0 fully saturated rings. The zero-order valence-corrected chi connectivity index (χ0v) is 11.4. The molecular weight excluding hydrogens is 220 g/mol. The lowest BCUT2D eigenvalue weighted by Crippen LogP contribution is -2.48. The third kappa shape index (κ3) is 6.94. The maximum Gasteiger partial charge on any atom is 0.303 e. The highest BCUT2D eigenvalue weighted by atomic mass is 16.4. The summed E-state index contributed by atoms with van der Waals surface area (Å²) in [7, 11) is 3.92. The number of amides is 1. The molecule has 0 aromatic rings. The summed E-state index contributed by atoms with van der Waals surface area (Å²) in [4.78, 5) is 24.1. The van der Waals surface area contributed by atoms with Gasteiger partial charge in [-0.2, -0.15) is 0 Å². The Kier molecular flexibility index (Phi) is 6.16. The summed E-state index contributed by atoms with van der Waals surface area (Å²) in [6.45, 7) is 6.39. The number of hydrogen-bond donors (Lipinski definition) is 2. The number of carbonyl (C=O) groups excluding carboxylic acids is 1.